The van der Waals surface area contributed by atoms with Crippen LogP contribution in [0.15, 0.2) is 66.7 Å². The molecule has 0 saturated carbocycles. The van der Waals surface area contributed by atoms with Gasteiger partial charge >= 0.3 is 12.2 Å². The first-order valence-corrected chi connectivity index (χ1v) is 11.1. The number of urea groups is 1. The average molecular weight is 506 g/mol. The normalized spacial score (nSPS) is 15.0. The monoisotopic (exact) mass is 506 g/mol. The van der Waals surface area contributed by atoms with Crippen molar-refractivity contribution in [2.24, 2.45) is 0 Å². The molecule has 0 unspecified atom stereocenters. The number of nitriles is 1. The predicted molar refractivity (Wildman–Crippen MR) is 130 cm³/mol. The summed E-state index contributed by atoms with van der Waals surface area (Å²) in [5.41, 5.74) is -0.936. The molecule has 1 aliphatic rings. The van der Waals surface area contributed by atoms with Gasteiger partial charge < -0.3 is 10.2 Å². The second-order valence-corrected chi connectivity index (χ2v) is 8.93. The van der Waals surface area contributed by atoms with E-state index in [4.69, 9.17) is 5.26 Å². The molecule has 0 radical (unpaired) electrons. The Morgan fingerprint density at radius 2 is 1.70 bits per heavy atom. The maximum atomic E-state index is 13.5. The van der Waals surface area contributed by atoms with Gasteiger partial charge in [-0.25, -0.2) is 9.69 Å². The van der Waals surface area contributed by atoms with Crippen molar-refractivity contribution >= 4 is 35.3 Å². The first-order chi connectivity index (χ1) is 17.5. The molecule has 0 bridgehead atoms. The van der Waals surface area contributed by atoms with Crippen molar-refractivity contribution in [3.63, 3.8) is 0 Å². The number of anilines is 3. The topological polar surface area (TPSA) is 93.5 Å². The van der Waals surface area contributed by atoms with Gasteiger partial charge in [-0.3, -0.25) is 9.59 Å². The molecule has 4 rings (SSSR count). The van der Waals surface area contributed by atoms with Crippen LogP contribution in [0.3, 0.4) is 0 Å². The molecule has 1 aliphatic heterocycles. The number of carbonyl (C=O) groups is 3. The molecule has 10 heteroatoms. The number of hydrogen-bond acceptors (Lipinski definition) is 5. The minimum absolute atomic E-state index is 0.00786. The van der Waals surface area contributed by atoms with Gasteiger partial charge in [0, 0.05) is 16.9 Å². The zero-order valence-electron chi connectivity index (χ0n) is 19.8. The Bertz CT molecular complexity index is 1430. The third-order valence-electron chi connectivity index (χ3n) is 6.18. The summed E-state index contributed by atoms with van der Waals surface area (Å²) in [6.07, 6.45) is -4.11. The van der Waals surface area contributed by atoms with Gasteiger partial charge in [0.1, 0.15) is 11.8 Å². The van der Waals surface area contributed by atoms with Crippen LogP contribution < -0.4 is 10.2 Å². The van der Waals surface area contributed by atoms with E-state index in [0.29, 0.717) is 33.5 Å². The highest BCUT2D eigenvalue weighted by atomic mass is 19.4. The maximum Gasteiger partial charge on any atom is 0.417 e. The second kappa shape index (κ2) is 9.43. The molecule has 3 amide bonds. The summed E-state index contributed by atoms with van der Waals surface area (Å²) in [6.45, 7) is 3.04. The summed E-state index contributed by atoms with van der Waals surface area (Å²) in [6, 6.07) is 17.3. The van der Waals surface area contributed by atoms with Gasteiger partial charge in [0.15, 0.2) is 0 Å². The van der Waals surface area contributed by atoms with Gasteiger partial charge in [-0.2, -0.15) is 18.4 Å². The van der Waals surface area contributed by atoms with Crippen LogP contribution in [0.4, 0.5) is 35.0 Å². The largest absolute Gasteiger partial charge is 0.417 e. The lowest BCUT2D eigenvalue weighted by molar-refractivity contribution is -0.137. The molecular formula is C27H21F3N4O3. The van der Waals surface area contributed by atoms with Crippen LogP contribution in [-0.4, -0.2) is 28.7 Å². The van der Waals surface area contributed by atoms with E-state index in [0.717, 1.165) is 18.4 Å². The summed E-state index contributed by atoms with van der Waals surface area (Å²) in [4.78, 5) is 39.6. The fraction of sp³-hybridized carbons (Fsp3) is 0.185. The minimum atomic E-state index is -4.84. The highest BCUT2D eigenvalue weighted by molar-refractivity contribution is 6.23. The SMILES string of the molecule is CC1(C)C(=O)N(c2ccc(C#N)c(C(F)(F)F)c2)C(=O)N1Cc1ccccc1Nc1ccc(C=O)cc1. The molecule has 1 heterocycles. The number of aldehydes is 1. The summed E-state index contributed by atoms with van der Waals surface area (Å²) < 4.78 is 40.5. The average Bonchev–Trinajstić information content (AvgIpc) is 3.03. The zero-order chi connectivity index (χ0) is 27.0. The number of nitrogens with one attached hydrogen (secondary N) is 1. The van der Waals surface area contributed by atoms with Gasteiger partial charge in [0.25, 0.3) is 5.91 Å². The van der Waals surface area contributed by atoms with E-state index in [1.54, 1.807) is 48.5 Å². The first kappa shape index (κ1) is 25.4. The Labute approximate surface area is 210 Å². The lowest BCUT2D eigenvalue weighted by Gasteiger charge is -2.28. The second-order valence-electron chi connectivity index (χ2n) is 8.93. The van der Waals surface area contributed by atoms with Crippen molar-refractivity contribution in [3.8, 4) is 6.07 Å². The molecular weight excluding hydrogens is 485 g/mol. The summed E-state index contributed by atoms with van der Waals surface area (Å²) in [7, 11) is 0. The third kappa shape index (κ3) is 4.76. The third-order valence-corrected chi connectivity index (χ3v) is 6.18. The van der Waals surface area contributed by atoms with E-state index in [2.05, 4.69) is 5.32 Å². The molecule has 0 atom stereocenters. The molecule has 1 fully saturated rings. The quantitative estimate of drug-likeness (QED) is 0.333. The Morgan fingerprint density at radius 1 is 1.03 bits per heavy atom. The molecule has 0 spiro atoms. The van der Waals surface area contributed by atoms with Gasteiger partial charge in [0.05, 0.1) is 29.4 Å². The van der Waals surface area contributed by atoms with Crippen LogP contribution in [0.1, 0.15) is 40.9 Å². The van der Waals surface area contributed by atoms with E-state index in [1.807, 2.05) is 0 Å². The van der Waals surface area contributed by atoms with Crippen molar-refractivity contribution < 1.29 is 27.6 Å². The van der Waals surface area contributed by atoms with Gasteiger partial charge in [-0.1, -0.05) is 18.2 Å². The number of para-hydroxylation sites is 1. The number of hydrogen-bond donors (Lipinski definition) is 1. The number of benzene rings is 3. The van der Waals surface area contributed by atoms with Crippen molar-refractivity contribution in [2.45, 2.75) is 32.1 Å². The molecule has 3 aromatic rings. The number of alkyl halides is 3. The smallest absolute Gasteiger partial charge is 0.355 e. The lowest BCUT2D eigenvalue weighted by Crippen LogP contribution is -2.43. The molecule has 1 N–H and O–H groups in total. The van der Waals surface area contributed by atoms with Crippen LogP contribution in [0.5, 0.6) is 0 Å². The van der Waals surface area contributed by atoms with Crippen molar-refractivity contribution in [1.29, 1.82) is 5.26 Å². The number of amides is 3. The highest BCUT2D eigenvalue weighted by Gasteiger charge is 2.52. The fourth-order valence-corrected chi connectivity index (χ4v) is 4.08. The number of rotatable bonds is 6. The van der Waals surface area contributed by atoms with Crippen LogP contribution in [0, 0.1) is 11.3 Å². The number of imide groups is 1. The van der Waals surface area contributed by atoms with E-state index in [1.165, 1.54) is 24.8 Å². The number of carbonyl (C=O) groups excluding carboxylic acids is 3. The van der Waals surface area contributed by atoms with Gasteiger partial charge in [-0.05, 0) is 67.9 Å². The Kier molecular flexibility index (Phi) is 6.48. The number of halogens is 3. The maximum absolute atomic E-state index is 13.5. The first-order valence-electron chi connectivity index (χ1n) is 11.1. The van der Waals surface area contributed by atoms with Crippen molar-refractivity contribution in [2.75, 3.05) is 10.2 Å². The van der Waals surface area contributed by atoms with Gasteiger partial charge in [-0.15, -0.1) is 0 Å². The summed E-state index contributed by atoms with van der Waals surface area (Å²) in [5.74, 6) is -0.690. The Balaban J connectivity index is 1.66. The van der Waals surface area contributed by atoms with Crippen LogP contribution in [0.2, 0.25) is 0 Å². The minimum Gasteiger partial charge on any atom is -0.355 e. The fourth-order valence-electron chi connectivity index (χ4n) is 4.08. The van der Waals surface area contributed by atoms with Gasteiger partial charge in [0.2, 0.25) is 0 Å². The van der Waals surface area contributed by atoms with Crippen molar-refractivity contribution in [1.82, 2.24) is 4.90 Å². The van der Waals surface area contributed by atoms with E-state index >= 15 is 0 Å². The number of nitrogens with zero attached hydrogens (tertiary/aromatic N) is 3. The lowest BCUT2D eigenvalue weighted by atomic mass is 10.0. The highest BCUT2D eigenvalue weighted by Crippen LogP contribution is 2.38. The molecule has 0 aliphatic carbocycles. The molecule has 3 aromatic carbocycles. The Hall–Kier alpha value is -4.65. The van der Waals surface area contributed by atoms with Crippen molar-refractivity contribution in [3.05, 3.63) is 89.0 Å². The molecule has 37 heavy (non-hydrogen) atoms. The zero-order valence-corrected chi connectivity index (χ0v) is 19.8. The standard InChI is InChI=1S/C27H21F3N4O3/c1-26(2)24(36)34(21-12-9-18(14-31)22(13-21)27(28,29)30)25(37)33(26)15-19-5-3-4-6-23(19)32-20-10-7-17(16-35)8-11-20/h3-13,16,32H,15H2,1-2H3. The van der Waals surface area contributed by atoms with Crippen LogP contribution in [-0.2, 0) is 17.5 Å². The molecule has 7 nitrogen and oxygen atoms in total. The van der Waals surface area contributed by atoms with E-state index in [-0.39, 0.29) is 12.2 Å². The predicted octanol–water partition coefficient (Wildman–Crippen LogP) is 5.88. The summed E-state index contributed by atoms with van der Waals surface area (Å²) in [5, 5.41) is 12.3. The van der Waals surface area contributed by atoms with Crippen LogP contribution in [0.25, 0.3) is 0 Å². The molecule has 188 valence electrons. The molecule has 0 aromatic heterocycles. The van der Waals surface area contributed by atoms with E-state index < -0.39 is 34.8 Å². The Morgan fingerprint density at radius 3 is 2.32 bits per heavy atom. The van der Waals surface area contributed by atoms with Crippen LogP contribution >= 0.6 is 0 Å². The summed E-state index contributed by atoms with van der Waals surface area (Å²) >= 11 is 0. The molecule has 1 saturated heterocycles. The van der Waals surface area contributed by atoms with E-state index in [9.17, 15) is 27.6 Å².